The van der Waals surface area contributed by atoms with E-state index in [1.165, 1.54) is 24.5 Å². The third-order valence-corrected chi connectivity index (χ3v) is 4.73. The molecule has 134 valence electrons. The smallest absolute Gasteiger partial charge is 0.412 e. The van der Waals surface area contributed by atoms with E-state index in [-0.39, 0.29) is 12.4 Å². The molecule has 3 rings (SSSR count). The summed E-state index contributed by atoms with van der Waals surface area (Å²) in [6.07, 6.45) is 2.57. The number of carbonyl (C=O) groups excluding carboxylic acids is 2. The molecule has 2 aromatic heterocycles. The number of amides is 1. The van der Waals surface area contributed by atoms with Crippen molar-refractivity contribution in [2.45, 2.75) is 20.1 Å². The summed E-state index contributed by atoms with van der Waals surface area (Å²) < 4.78 is 6.76. The Kier molecular flexibility index (Phi) is 5.65. The second-order valence-electron chi connectivity index (χ2n) is 5.42. The van der Waals surface area contributed by atoms with Gasteiger partial charge in [-0.05, 0) is 6.07 Å². The number of halogens is 1. The molecule has 9 heteroatoms. The van der Waals surface area contributed by atoms with Crippen LogP contribution in [0.25, 0.3) is 0 Å². The normalized spacial score (nSPS) is 10.5. The predicted octanol–water partition coefficient (Wildman–Crippen LogP) is 3.99. The van der Waals surface area contributed by atoms with Crippen LogP contribution in [0.5, 0.6) is 0 Å². The van der Waals surface area contributed by atoms with Gasteiger partial charge in [0.05, 0.1) is 24.1 Å². The number of ether oxygens (including phenoxy) is 1. The number of aromatic nitrogens is 3. The van der Waals surface area contributed by atoms with Crippen LogP contribution in [0.15, 0.2) is 42.0 Å². The molecular formula is C17H15ClN4O3S. The Labute approximate surface area is 158 Å². The minimum absolute atomic E-state index is 0.0645. The van der Waals surface area contributed by atoms with Crippen molar-refractivity contribution in [3.05, 3.63) is 63.3 Å². The van der Waals surface area contributed by atoms with Gasteiger partial charge in [0.1, 0.15) is 6.61 Å². The molecule has 2 heterocycles. The summed E-state index contributed by atoms with van der Waals surface area (Å²) in [5.74, 6) is -0.0645. The number of hydrogen-bond donors (Lipinski definition) is 1. The fourth-order valence-corrected chi connectivity index (χ4v) is 3.04. The fraction of sp³-hybridized carbons (Fsp3) is 0.176. The highest BCUT2D eigenvalue weighted by Crippen LogP contribution is 2.16. The Morgan fingerprint density at radius 3 is 2.88 bits per heavy atom. The van der Waals surface area contributed by atoms with Crippen LogP contribution in [0.1, 0.15) is 28.0 Å². The first-order valence-electron chi connectivity index (χ1n) is 7.66. The Hall–Kier alpha value is -2.71. The Balaban J connectivity index is 1.53. The third-order valence-electron chi connectivity index (χ3n) is 3.37. The van der Waals surface area contributed by atoms with Crippen LogP contribution in [-0.2, 0) is 17.9 Å². The van der Waals surface area contributed by atoms with Gasteiger partial charge in [-0.3, -0.25) is 14.8 Å². The largest absolute Gasteiger partial charge is 0.444 e. The maximum Gasteiger partial charge on any atom is 0.412 e. The van der Waals surface area contributed by atoms with Gasteiger partial charge in [0.2, 0.25) is 0 Å². The average Bonchev–Trinajstić information content (AvgIpc) is 3.24. The lowest BCUT2D eigenvalue weighted by atomic mass is 10.2. The summed E-state index contributed by atoms with van der Waals surface area (Å²) in [7, 11) is 0. The number of carbonyl (C=O) groups is 2. The molecule has 0 aliphatic rings. The molecule has 0 radical (unpaired) electrons. The van der Waals surface area contributed by atoms with Crippen molar-refractivity contribution in [2.75, 3.05) is 5.32 Å². The standard InChI is InChI=1S/C17H15ClN4O3S/c1-11(23)16-20-14(10-26-16)8-22-7-13(6-19-22)21-17(24)25-9-12-4-2-3-5-15(12)18/h2-7,10H,8-9H2,1H3,(H,21,24). The van der Waals surface area contributed by atoms with Gasteiger partial charge in [-0.15, -0.1) is 11.3 Å². The van der Waals surface area contributed by atoms with Gasteiger partial charge in [0.15, 0.2) is 10.8 Å². The maximum atomic E-state index is 11.9. The molecular weight excluding hydrogens is 376 g/mol. The number of nitrogens with one attached hydrogen (secondary N) is 1. The van der Waals surface area contributed by atoms with Crippen molar-refractivity contribution in [1.29, 1.82) is 0 Å². The van der Waals surface area contributed by atoms with Crippen molar-refractivity contribution in [1.82, 2.24) is 14.8 Å². The number of nitrogens with zero attached hydrogens (tertiary/aromatic N) is 3. The van der Waals surface area contributed by atoms with Crippen molar-refractivity contribution < 1.29 is 14.3 Å². The van der Waals surface area contributed by atoms with Gasteiger partial charge in [0.25, 0.3) is 0 Å². The molecule has 0 saturated heterocycles. The van der Waals surface area contributed by atoms with Crippen LogP contribution in [0.3, 0.4) is 0 Å². The molecule has 26 heavy (non-hydrogen) atoms. The monoisotopic (exact) mass is 390 g/mol. The van der Waals surface area contributed by atoms with Crippen molar-refractivity contribution in [3.63, 3.8) is 0 Å². The van der Waals surface area contributed by atoms with Crippen molar-refractivity contribution in [2.24, 2.45) is 0 Å². The summed E-state index contributed by atoms with van der Waals surface area (Å²) in [6.45, 7) is 1.96. The number of Topliss-reactive ketones (excluding diaryl/α,β-unsaturated/α-hetero) is 1. The van der Waals surface area contributed by atoms with Crippen LogP contribution in [0.2, 0.25) is 5.02 Å². The molecule has 0 aliphatic carbocycles. The lowest BCUT2D eigenvalue weighted by Crippen LogP contribution is -2.13. The van der Waals surface area contributed by atoms with Gasteiger partial charge in [0, 0.05) is 29.1 Å². The zero-order valence-corrected chi connectivity index (χ0v) is 15.4. The van der Waals surface area contributed by atoms with E-state index in [2.05, 4.69) is 15.4 Å². The zero-order chi connectivity index (χ0) is 18.5. The molecule has 1 N–H and O–H groups in total. The van der Waals surface area contributed by atoms with E-state index in [0.717, 1.165) is 11.3 Å². The van der Waals surface area contributed by atoms with E-state index >= 15 is 0 Å². The van der Waals surface area contributed by atoms with E-state index in [1.807, 2.05) is 17.5 Å². The molecule has 0 spiro atoms. The molecule has 0 saturated carbocycles. The number of benzene rings is 1. The van der Waals surface area contributed by atoms with E-state index in [9.17, 15) is 9.59 Å². The van der Waals surface area contributed by atoms with Crippen LogP contribution in [0.4, 0.5) is 10.5 Å². The molecule has 1 amide bonds. The fourth-order valence-electron chi connectivity index (χ4n) is 2.13. The molecule has 0 fully saturated rings. The third kappa shape index (κ3) is 4.68. The summed E-state index contributed by atoms with van der Waals surface area (Å²) in [4.78, 5) is 27.4. The summed E-state index contributed by atoms with van der Waals surface area (Å²) >= 11 is 7.32. The summed E-state index contributed by atoms with van der Waals surface area (Å²) in [5.41, 5.74) is 1.96. The SMILES string of the molecule is CC(=O)c1nc(Cn2cc(NC(=O)OCc3ccccc3Cl)cn2)cs1. The predicted molar refractivity (Wildman–Crippen MR) is 98.7 cm³/mol. The Morgan fingerprint density at radius 2 is 2.15 bits per heavy atom. The molecule has 7 nitrogen and oxygen atoms in total. The summed E-state index contributed by atoms with van der Waals surface area (Å²) in [6, 6.07) is 7.15. The second kappa shape index (κ2) is 8.11. The molecule has 1 aromatic carbocycles. The first-order chi connectivity index (χ1) is 12.5. The van der Waals surface area contributed by atoms with Crippen LogP contribution in [-0.4, -0.2) is 26.6 Å². The van der Waals surface area contributed by atoms with Crippen LogP contribution in [0, 0.1) is 0 Å². The second-order valence-corrected chi connectivity index (χ2v) is 6.68. The average molecular weight is 391 g/mol. The highest BCUT2D eigenvalue weighted by atomic mass is 35.5. The Bertz CT molecular complexity index is 937. The lowest BCUT2D eigenvalue weighted by Gasteiger charge is -2.06. The molecule has 0 aliphatic heterocycles. The maximum absolute atomic E-state index is 11.9. The highest BCUT2D eigenvalue weighted by Gasteiger charge is 2.10. The zero-order valence-electron chi connectivity index (χ0n) is 13.8. The molecule has 0 bridgehead atoms. The summed E-state index contributed by atoms with van der Waals surface area (Å²) in [5, 5.41) is 9.58. The molecule has 0 unspecified atom stereocenters. The van der Waals surface area contributed by atoms with Crippen molar-refractivity contribution in [3.8, 4) is 0 Å². The number of anilines is 1. The van der Waals surface area contributed by atoms with Gasteiger partial charge in [-0.2, -0.15) is 5.10 Å². The first kappa shape index (κ1) is 18.1. The number of hydrogen-bond acceptors (Lipinski definition) is 6. The van der Waals surface area contributed by atoms with Crippen LogP contribution < -0.4 is 5.32 Å². The minimum Gasteiger partial charge on any atom is -0.444 e. The molecule has 3 aromatic rings. The van der Waals surface area contributed by atoms with E-state index < -0.39 is 6.09 Å². The highest BCUT2D eigenvalue weighted by molar-refractivity contribution is 7.11. The minimum atomic E-state index is -0.600. The van der Waals surface area contributed by atoms with Gasteiger partial charge in [-0.1, -0.05) is 29.8 Å². The number of thiazole rings is 1. The van der Waals surface area contributed by atoms with E-state index in [4.69, 9.17) is 16.3 Å². The molecule has 0 atom stereocenters. The number of ketones is 1. The van der Waals surface area contributed by atoms with Crippen molar-refractivity contribution >= 4 is 40.5 Å². The Morgan fingerprint density at radius 1 is 1.35 bits per heavy atom. The van der Waals surface area contributed by atoms with E-state index in [1.54, 1.807) is 23.0 Å². The van der Waals surface area contributed by atoms with Gasteiger partial charge < -0.3 is 4.74 Å². The van der Waals surface area contributed by atoms with Gasteiger partial charge in [-0.25, -0.2) is 9.78 Å². The van der Waals surface area contributed by atoms with Gasteiger partial charge >= 0.3 is 6.09 Å². The lowest BCUT2D eigenvalue weighted by molar-refractivity contribution is 0.101. The number of rotatable bonds is 6. The first-order valence-corrected chi connectivity index (χ1v) is 8.92. The quantitative estimate of drug-likeness (QED) is 0.643. The van der Waals surface area contributed by atoms with Crippen LogP contribution >= 0.6 is 22.9 Å². The topological polar surface area (TPSA) is 86.1 Å². The van der Waals surface area contributed by atoms with E-state index in [0.29, 0.717) is 22.3 Å².